The fourth-order valence-corrected chi connectivity index (χ4v) is 15.5. The van der Waals surface area contributed by atoms with Crippen LogP contribution in [0.25, 0.3) is 87.3 Å². The van der Waals surface area contributed by atoms with Gasteiger partial charge in [-0.15, -0.1) is 5.75 Å². The molecule has 28 heteroatoms. The summed E-state index contributed by atoms with van der Waals surface area (Å²) in [5.74, 6) is -4.79. The number of azo groups is 1. The number of halogens is 1. The normalized spacial score (nSPS) is 13.6. The van der Waals surface area contributed by atoms with E-state index in [4.69, 9.17) is 4.42 Å². The molecule has 0 radical (unpaired) electrons. The third-order valence-corrected chi connectivity index (χ3v) is 22.1. The number of nitrogens with one attached hydrogen (secondary N) is 1. The molecule has 25 nitrogen and oxygen atoms in total. The van der Waals surface area contributed by atoms with Crippen LogP contribution in [0, 0.1) is 0 Å². The number of nitrogens with zero attached hydrogens (tertiary/aromatic N) is 7. The number of amides is 6. The summed E-state index contributed by atoms with van der Waals surface area (Å²) in [6, 6.07) is 73.8. The summed E-state index contributed by atoms with van der Waals surface area (Å²) >= 11 is 3.19. The molecular formula is C97H67BrN8NaO17S-. The molecule has 125 heavy (non-hydrogen) atoms. The number of carbonyl (C=O) groups is 10. The fourth-order valence-electron chi connectivity index (χ4n) is 14.6. The zero-order valence-electron chi connectivity index (χ0n) is 67.0. The molecule has 0 saturated heterocycles. The van der Waals surface area contributed by atoms with Gasteiger partial charge in [0.25, 0.3) is 35.4 Å². The van der Waals surface area contributed by atoms with Crippen LogP contribution in [0.15, 0.2) is 328 Å². The monoisotopic (exact) mass is 1750 g/mol. The molecular weight excluding hydrogens is 1680 g/mol. The molecule has 0 spiro atoms. The number of imide groups is 3. The van der Waals surface area contributed by atoms with Gasteiger partial charge in [0.05, 0.1) is 44.2 Å². The largest absolute Gasteiger partial charge is 1.00 e. The van der Waals surface area contributed by atoms with Crippen molar-refractivity contribution in [3.63, 3.8) is 0 Å². The van der Waals surface area contributed by atoms with Crippen LogP contribution in [0.1, 0.15) is 32.2 Å². The predicted molar refractivity (Wildman–Crippen MR) is 477 cm³/mol. The predicted octanol–water partition coefficient (Wildman–Crippen LogP) is 14.1. The molecule has 6 aliphatic rings. The van der Waals surface area contributed by atoms with Gasteiger partial charge in [0.2, 0.25) is 0 Å². The first-order valence-corrected chi connectivity index (χ1v) is 40.7. The van der Waals surface area contributed by atoms with Crippen LogP contribution in [-0.4, -0.2) is 110 Å². The van der Waals surface area contributed by atoms with Crippen molar-refractivity contribution in [2.24, 2.45) is 10.2 Å². The summed E-state index contributed by atoms with van der Waals surface area (Å²) in [6.07, 6.45) is 9.98. The minimum absolute atomic E-state index is 0. The van der Waals surface area contributed by atoms with E-state index >= 15 is 0 Å². The Kier molecular flexibility index (Phi) is 25.2. The van der Waals surface area contributed by atoms with Crippen LogP contribution in [0.2, 0.25) is 0 Å². The minimum Gasteiger partial charge on any atom is -0.872 e. The zero-order valence-corrected chi connectivity index (χ0v) is 71.5. The topological polar surface area (TPSA) is 354 Å². The van der Waals surface area contributed by atoms with E-state index in [-0.39, 0.29) is 115 Å². The van der Waals surface area contributed by atoms with E-state index in [0.29, 0.717) is 49.9 Å². The molecule has 13 aromatic carbocycles. The van der Waals surface area contributed by atoms with Crippen molar-refractivity contribution in [1.29, 1.82) is 0 Å². The number of Topliss-reactive ketones (excluding diaryl/α,β-unsaturated/α-hetero) is 1. The van der Waals surface area contributed by atoms with Crippen LogP contribution >= 0.6 is 15.9 Å². The molecule has 0 unspecified atom stereocenters. The third kappa shape index (κ3) is 18.5. The Morgan fingerprint density at radius 2 is 0.968 bits per heavy atom. The number of benzene rings is 14. The summed E-state index contributed by atoms with van der Waals surface area (Å²) < 4.78 is 39.1. The number of alkyl halides is 1. The Balaban J connectivity index is 0.000000128. The Morgan fingerprint density at radius 3 is 1.58 bits per heavy atom. The molecule has 19 rings (SSSR count). The van der Waals surface area contributed by atoms with Crippen molar-refractivity contribution in [3.8, 4) is 28.2 Å². The average molecular weight is 1750 g/mol. The van der Waals surface area contributed by atoms with E-state index in [2.05, 4.69) is 78.8 Å². The summed E-state index contributed by atoms with van der Waals surface area (Å²) in [5.41, 5.74) is 8.79. The zero-order chi connectivity index (χ0) is 87.5. The quantitative estimate of drug-likeness (QED) is 0.0111. The van der Waals surface area contributed by atoms with Crippen molar-refractivity contribution in [1.82, 2.24) is 0 Å². The SMILES string of the molecule is CN(C)c1ccc(N=Nc2ccc(C3C(=O)C=CC3=O)cc2)cc1.CN(C)c1ccc2cc(C(=O)CBr)ccc2c1.O=C(O)c1cc(N2C(=O)C=CC2=O)ccc1-c1c2ccc(=O)cc-2oc2cc([O-])ccc12.O=C1C=CC(=O)N1c1ccc(Nc2ccc3cc(S(=O)(=O)[O-])ccc3c2)cc1.O=C1C=CC(=O)N1c1ccc2ccc3cccc4ccc1c2c34.[Na+]. The van der Waals surface area contributed by atoms with Crippen LogP contribution in [-0.2, 0) is 48.5 Å². The molecule has 13 aromatic rings. The van der Waals surface area contributed by atoms with Gasteiger partial charge in [-0.1, -0.05) is 125 Å². The Labute approximate surface area is 743 Å². The van der Waals surface area contributed by atoms with E-state index in [9.17, 15) is 75.9 Å². The van der Waals surface area contributed by atoms with Gasteiger partial charge in [0.15, 0.2) is 22.8 Å². The standard InChI is InChI=1S/C24H13NO7.C20H14N2O5S.C20H11NO2.C19H17N3O2.C14H14BrNO.Na/c26-13-2-5-16-19(10-13)32-20-11-14(27)3-6-17(20)23(16)15-4-1-12(9-18(15)24(30)31)25-21(28)7-8-22(25)29;23-19-9-10-20(24)22(19)17-6-4-15(5-7-17)21-16-3-1-14-12-18(28(25,26)27)8-2-13(14)11-16;22-17-10-11-18(23)21(17)16-9-7-14-5-4-12-2-1-3-13-6-8-15(16)20(14)19(12)13;1-22(2)16-9-7-15(8-10-16)21-20-14-5-3-13(4-6-14)19-17(23)11-12-18(19)24;1-16(2)13-6-5-10-7-12(14(17)9-15)4-3-11(10)8-13;/h1-11,26H,(H,30,31);1-12,21H,(H,25,26,27);1-11H;3-12,19H,1-2H3;3-8H,9H2,1-2H3;/q;;;;;+1/p-2. The maximum atomic E-state index is 12.2. The summed E-state index contributed by atoms with van der Waals surface area (Å²) in [7, 11) is 3.50. The Morgan fingerprint density at radius 1 is 0.472 bits per heavy atom. The molecule has 6 amide bonds. The number of carbonyl (C=O) groups excluding carboxylic acids is 9. The Hall–Kier alpha value is -14.8. The number of allylic oxidation sites excluding steroid dienone is 2. The summed E-state index contributed by atoms with van der Waals surface area (Å²) in [6.45, 7) is 0. The van der Waals surface area contributed by atoms with E-state index in [1.54, 1.807) is 66.7 Å². The number of carboxylic acid groups (broad SMARTS) is 1. The number of hydrogen-bond donors (Lipinski definition) is 2. The van der Waals surface area contributed by atoms with Gasteiger partial charge in [0, 0.05) is 121 Å². The number of rotatable bonds is 15. The van der Waals surface area contributed by atoms with Crippen molar-refractivity contribution in [2.75, 3.05) is 63.3 Å². The van der Waals surface area contributed by atoms with Gasteiger partial charge in [-0.05, 0) is 211 Å². The molecule has 2 aliphatic carbocycles. The van der Waals surface area contributed by atoms with E-state index < -0.39 is 33.8 Å². The Bertz CT molecular complexity index is 7200. The second-order valence-corrected chi connectivity index (χ2v) is 31.1. The average Bonchev–Trinajstić information content (AvgIpc) is 1.57. The third-order valence-electron chi connectivity index (χ3n) is 20.8. The second-order valence-electron chi connectivity index (χ2n) is 29.1. The second kappa shape index (κ2) is 36.5. The van der Waals surface area contributed by atoms with Gasteiger partial charge < -0.3 is 34.3 Å². The van der Waals surface area contributed by atoms with Gasteiger partial charge in [0.1, 0.15) is 27.4 Å². The fraction of sp³-hybridized carbons (Fsp3) is 0.0619. The van der Waals surface area contributed by atoms with E-state index in [1.165, 1.54) is 113 Å². The van der Waals surface area contributed by atoms with Crippen LogP contribution in [0.5, 0.6) is 5.75 Å². The van der Waals surface area contributed by atoms with Crippen LogP contribution < -0.4 is 69.9 Å². The van der Waals surface area contributed by atoms with Gasteiger partial charge >= 0.3 is 35.5 Å². The molecule has 0 saturated carbocycles. The number of aromatic carboxylic acids is 1. The molecule has 4 aliphatic heterocycles. The first kappa shape index (κ1) is 86.5. The number of carboxylic acids is 1. The van der Waals surface area contributed by atoms with Crippen molar-refractivity contribution in [3.05, 3.63) is 330 Å². The number of fused-ring (bicyclic) bond motifs is 4. The van der Waals surface area contributed by atoms with E-state index in [0.717, 1.165) is 99.0 Å². The molecule has 4 heterocycles. The molecule has 2 N–H and O–H groups in total. The molecule has 0 aromatic heterocycles. The first-order valence-electron chi connectivity index (χ1n) is 38.2. The van der Waals surface area contributed by atoms with Crippen molar-refractivity contribution >= 4 is 201 Å². The molecule has 612 valence electrons. The van der Waals surface area contributed by atoms with Gasteiger partial charge in [-0.3, -0.25) is 47.9 Å². The summed E-state index contributed by atoms with van der Waals surface area (Å²) in [5, 5.41) is 44.5. The number of anilines is 7. The molecule has 0 fully saturated rings. The van der Waals surface area contributed by atoms with Crippen LogP contribution in [0.4, 0.5) is 51.2 Å². The number of ketones is 3. The minimum atomic E-state index is -4.49. The molecule has 0 bridgehead atoms. The molecule has 0 atom stereocenters. The van der Waals surface area contributed by atoms with Gasteiger partial charge in [-0.25, -0.2) is 27.9 Å². The van der Waals surface area contributed by atoms with Crippen molar-refractivity contribution < 1.29 is 105 Å². The van der Waals surface area contributed by atoms with Gasteiger partial charge in [-0.2, -0.15) is 10.2 Å². The smallest absolute Gasteiger partial charge is 0.872 e. The van der Waals surface area contributed by atoms with Crippen LogP contribution in [0.3, 0.4) is 0 Å². The maximum Gasteiger partial charge on any atom is 1.00 e. The maximum absolute atomic E-state index is 12.2. The van der Waals surface area contributed by atoms with Crippen molar-refractivity contribution in [2.45, 2.75) is 10.8 Å². The number of hydrogen-bond acceptors (Lipinski definition) is 21. The van der Waals surface area contributed by atoms with E-state index in [1.807, 2.05) is 112 Å². The summed E-state index contributed by atoms with van der Waals surface area (Å²) in [4.78, 5) is 138. The first-order chi connectivity index (χ1) is 59.5.